The molecule has 0 aliphatic rings. The molecule has 0 aliphatic carbocycles. The zero-order valence-corrected chi connectivity index (χ0v) is 10.8. The largest absolute Gasteiger partial charge is 0.396 e. The van der Waals surface area contributed by atoms with Crippen molar-refractivity contribution >= 4 is 0 Å². The molecular formula is C12H27NO2. The van der Waals surface area contributed by atoms with E-state index in [0.717, 1.165) is 19.6 Å². The van der Waals surface area contributed by atoms with Gasteiger partial charge in [0.2, 0.25) is 0 Å². The third kappa shape index (κ3) is 6.88. The topological polar surface area (TPSA) is 41.5 Å². The van der Waals surface area contributed by atoms with Crippen molar-refractivity contribution in [3.05, 3.63) is 0 Å². The van der Waals surface area contributed by atoms with Gasteiger partial charge < -0.3 is 15.2 Å². The summed E-state index contributed by atoms with van der Waals surface area (Å²) in [4.78, 5) is 0. The average Bonchev–Trinajstić information content (AvgIpc) is 2.12. The number of nitrogens with one attached hydrogen (secondary N) is 1. The molecule has 0 saturated carbocycles. The highest BCUT2D eigenvalue weighted by Gasteiger charge is 2.24. The van der Waals surface area contributed by atoms with Gasteiger partial charge in [-0.3, -0.25) is 0 Å². The predicted molar refractivity (Wildman–Crippen MR) is 64.0 cm³/mol. The van der Waals surface area contributed by atoms with Crippen LogP contribution in [-0.2, 0) is 4.74 Å². The summed E-state index contributed by atoms with van der Waals surface area (Å²) in [5.74, 6) is 0. The van der Waals surface area contributed by atoms with E-state index < -0.39 is 0 Å². The van der Waals surface area contributed by atoms with Gasteiger partial charge in [-0.2, -0.15) is 0 Å². The van der Waals surface area contributed by atoms with Crippen LogP contribution in [0.15, 0.2) is 0 Å². The van der Waals surface area contributed by atoms with E-state index in [2.05, 4.69) is 33.0 Å². The van der Waals surface area contributed by atoms with Crippen LogP contribution in [0.3, 0.4) is 0 Å². The summed E-state index contributed by atoms with van der Waals surface area (Å²) in [6.07, 6.45) is 0.792. The normalized spacial score (nSPS) is 16.4. The molecule has 0 heterocycles. The molecule has 0 bridgehead atoms. The molecule has 0 saturated heterocycles. The Kier molecular flexibility index (Phi) is 7.14. The predicted octanol–water partition coefficient (Wildman–Crippen LogP) is 1.80. The lowest BCUT2D eigenvalue weighted by Gasteiger charge is -2.33. The SMILES string of the molecule is CCOCC(C)NC(CCO)C(C)(C)C. The molecule has 92 valence electrons. The summed E-state index contributed by atoms with van der Waals surface area (Å²) in [5.41, 5.74) is 0.170. The van der Waals surface area contributed by atoms with Crippen molar-refractivity contribution in [1.82, 2.24) is 5.32 Å². The minimum Gasteiger partial charge on any atom is -0.396 e. The van der Waals surface area contributed by atoms with Crippen LogP contribution in [0.25, 0.3) is 0 Å². The van der Waals surface area contributed by atoms with Crippen molar-refractivity contribution in [2.75, 3.05) is 19.8 Å². The maximum absolute atomic E-state index is 9.02. The molecule has 0 aromatic carbocycles. The summed E-state index contributed by atoms with van der Waals surface area (Å²) >= 11 is 0. The maximum Gasteiger partial charge on any atom is 0.0616 e. The Morgan fingerprint density at radius 3 is 2.33 bits per heavy atom. The van der Waals surface area contributed by atoms with Crippen molar-refractivity contribution in [2.24, 2.45) is 5.41 Å². The molecule has 0 spiro atoms. The van der Waals surface area contributed by atoms with Gasteiger partial charge in [0.05, 0.1) is 6.61 Å². The Labute approximate surface area is 94.2 Å². The molecule has 0 radical (unpaired) electrons. The fraction of sp³-hybridized carbons (Fsp3) is 1.00. The first-order valence-electron chi connectivity index (χ1n) is 5.86. The zero-order chi connectivity index (χ0) is 11.9. The van der Waals surface area contributed by atoms with Gasteiger partial charge in [-0.1, -0.05) is 20.8 Å². The highest BCUT2D eigenvalue weighted by Crippen LogP contribution is 2.22. The maximum atomic E-state index is 9.02. The Morgan fingerprint density at radius 2 is 1.93 bits per heavy atom. The first-order chi connectivity index (χ1) is 6.91. The van der Waals surface area contributed by atoms with Gasteiger partial charge in [0, 0.05) is 25.3 Å². The van der Waals surface area contributed by atoms with Crippen LogP contribution in [0.4, 0.5) is 0 Å². The number of hydrogen-bond donors (Lipinski definition) is 2. The van der Waals surface area contributed by atoms with Gasteiger partial charge in [-0.15, -0.1) is 0 Å². The number of aliphatic hydroxyl groups is 1. The third-order valence-electron chi connectivity index (χ3n) is 2.52. The second kappa shape index (κ2) is 7.20. The molecule has 3 nitrogen and oxygen atoms in total. The molecule has 2 unspecified atom stereocenters. The second-order valence-corrected chi connectivity index (χ2v) is 5.16. The summed E-state index contributed by atoms with van der Waals surface area (Å²) < 4.78 is 5.36. The van der Waals surface area contributed by atoms with E-state index in [1.54, 1.807) is 0 Å². The zero-order valence-electron chi connectivity index (χ0n) is 10.8. The van der Waals surface area contributed by atoms with Crippen LogP contribution >= 0.6 is 0 Å². The second-order valence-electron chi connectivity index (χ2n) is 5.16. The molecule has 0 rings (SSSR count). The molecule has 0 fully saturated rings. The van der Waals surface area contributed by atoms with E-state index in [9.17, 15) is 0 Å². The summed E-state index contributed by atoms with van der Waals surface area (Å²) in [6.45, 7) is 12.4. The van der Waals surface area contributed by atoms with Gasteiger partial charge in [-0.25, -0.2) is 0 Å². The molecule has 0 aliphatic heterocycles. The van der Waals surface area contributed by atoms with Gasteiger partial charge in [0.15, 0.2) is 0 Å². The third-order valence-corrected chi connectivity index (χ3v) is 2.52. The lowest BCUT2D eigenvalue weighted by Crippen LogP contribution is -2.46. The Balaban J connectivity index is 4.04. The van der Waals surface area contributed by atoms with Crippen molar-refractivity contribution in [1.29, 1.82) is 0 Å². The number of rotatable bonds is 7. The van der Waals surface area contributed by atoms with Crippen LogP contribution in [0.1, 0.15) is 41.0 Å². The molecule has 15 heavy (non-hydrogen) atoms. The molecule has 0 aromatic heterocycles. The smallest absolute Gasteiger partial charge is 0.0616 e. The molecule has 0 aromatic rings. The Morgan fingerprint density at radius 1 is 1.33 bits per heavy atom. The Hall–Kier alpha value is -0.120. The fourth-order valence-electron chi connectivity index (χ4n) is 1.58. The van der Waals surface area contributed by atoms with E-state index in [-0.39, 0.29) is 12.0 Å². The molecule has 2 N–H and O–H groups in total. The van der Waals surface area contributed by atoms with Crippen LogP contribution in [0, 0.1) is 5.41 Å². The van der Waals surface area contributed by atoms with Gasteiger partial charge in [0.1, 0.15) is 0 Å². The lowest BCUT2D eigenvalue weighted by molar-refractivity contribution is 0.108. The first-order valence-corrected chi connectivity index (χ1v) is 5.86. The molecule has 0 amide bonds. The van der Waals surface area contributed by atoms with E-state index in [1.807, 2.05) is 6.92 Å². The fourth-order valence-corrected chi connectivity index (χ4v) is 1.58. The number of ether oxygens (including phenoxy) is 1. The summed E-state index contributed by atoms with van der Waals surface area (Å²) in [5, 5.41) is 12.5. The van der Waals surface area contributed by atoms with Gasteiger partial charge >= 0.3 is 0 Å². The van der Waals surface area contributed by atoms with Crippen molar-refractivity contribution in [3.63, 3.8) is 0 Å². The van der Waals surface area contributed by atoms with E-state index >= 15 is 0 Å². The average molecular weight is 217 g/mol. The molecule has 2 atom stereocenters. The van der Waals surface area contributed by atoms with Crippen LogP contribution in [0.5, 0.6) is 0 Å². The summed E-state index contributed by atoms with van der Waals surface area (Å²) in [6, 6.07) is 0.665. The van der Waals surface area contributed by atoms with E-state index in [4.69, 9.17) is 9.84 Å². The monoisotopic (exact) mass is 217 g/mol. The number of hydrogen-bond acceptors (Lipinski definition) is 3. The van der Waals surface area contributed by atoms with Crippen molar-refractivity contribution in [3.8, 4) is 0 Å². The Bertz CT molecular complexity index is 154. The van der Waals surface area contributed by atoms with E-state index in [0.29, 0.717) is 12.1 Å². The first kappa shape index (κ1) is 14.9. The molecule has 3 heteroatoms. The number of aliphatic hydroxyl groups excluding tert-OH is 1. The van der Waals surface area contributed by atoms with Gasteiger partial charge in [0.25, 0.3) is 0 Å². The summed E-state index contributed by atoms with van der Waals surface area (Å²) in [7, 11) is 0. The minimum absolute atomic E-state index is 0.170. The van der Waals surface area contributed by atoms with Gasteiger partial charge in [-0.05, 0) is 25.7 Å². The highest BCUT2D eigenvalue weighted by molar-refractivity contribution is 4.82. The quantitative estimate of drug-likeness (QED) is 0.683. The van der Waals surface area contributed by atoms with Crippen molar-refractivity contribution in [2.45, 2.75) is 53.1 Å². The molecular weight excluding hydrogens is 190 g/mol. The minimum atomic E-state index is 0.170. The highest BCUT2D eigenvalue weighted by atomic mass is 16.5. The standard InChI is InChI=1S/C12H27NO2/c1-6-15-9-10(2)13-11(7-8-14)12(3,4)5/h10-11,13-14H,6-9H2,1-5H3. The van der Waals surface area contributed by atoms with Crippen molar-refractivity contribution < 1.29 is 9.84 Å². The van der Waals surface area contributed by atoms with Crippen LogP contribution in [0.2, 0.25) is 0 Å². The van der Waals surface area contributed by atoms with Crippen LogP contribution < -0.4 is 5.32 Å². The van der Waals surface area contributed by atoms with E-state index in [1.165, 1.54) is 0 Å². The lowest BCUT2D eigenvalue weighted by atomic mass is 9.84. The van der Waals surface area contributed by atoms with Crippen LogP contribution in [-0.4, -0.2) is 37.0 Å².